The predicted octanol–water partition coefficient (Wildman–Crippen LogP) is 2.97. The molecule has 1 aliphatic heterocycles. The minimum Gasteiger partial charge on any atom is -0.480 e. The van der Waals surface area contributed by atoms with E-state index in [4.69, 9.17) is 0 Å². The number of benzene rings is 1. The van der Waals surface area contributed by atoms with E-state index in [2.05, 4.69) is 5.10 Å². The molecule has 26 heavy (non-hydrogen) atoms. The third-order valence-electron chi connectivity index (χ3n) is 4.29. The van der Waals surface area contributed by atoms with Gasteiger partial charge in [-0.3, -0.25) is 4.79 Å². The van der Waals surface area contributed by atoms with Gasteiger partial charge in [0, 0.05) is 12.7 Å². The maximum atomic E-state index is 12.8. The molecule has 6 nitrogen and oxygen atoms in total. The van der Waals surface area contributed by atoms with Crippen LogP contribution in [0.25, 0.3) is 5.69 Å². The van der Waals surface area contributed by atoms with Crippen LogP contribution in [0, 0.1) is 0 Å². The Kier molecular flexibility index (Phi) is 4.71. The van der Waals surface area contributed by atoms with Crippen LogP contribution in [0.4, 0.5) is 13.2 Å². The monoisotopic (exact) mass is 367 g/mol. The highest BCUT2D eigenvalue weighted by atomic mass is 19.4. The largest absolute Gasteiger partial charge is 0.480 e. The molecule has 0 radical (unpaired) electrons. The van der Waals surface area contributed by atoms with Gasteiger partial charge in [0.2, 0.25) is 0 Å². The normalized spacial score (nSPS) is 18.0. The molecular formula is C17H16F3N3O3. The zero-order chi connectivity index (χ0) is 18.9. The minimum absolute atomic E-state index is 0.00411. The first-order valence-corrected chi connectivity index (χ1v) is 8.04. The molecule has 1 fully saturated rings. The first-order chi connectivity index (χ1) is 12.3. The third kappa shape index (κ3) is 3.56. The van der Waals surface area contributed by atoms with E-state index in [1.807, 2.05) is 0 Å². The van der Waals surface area contributed by atoms with Crippen molar-refractivity contribution >= 4 is 11.9 Å². The second-order valence-electron chi connectivity index (χ2n) is 6.04. The fourth-order valence-electron chi connectivity index (χ4n) is 2.99. The Bertz CT molecular complexity index is 832. The summed E-state index contributed by atoms with van der Waals surface area (Å²) in [6, 6.07) is 5.04. The minimum atomic E-state index is -4.48. The second kappa shape index (κ2) is 6.81. The van der Waals surface area contributed by atoms with Crippen molar-refractivity contribution in [2.45, 2.75) is 31.5 Å². The smallest absolute Gasteiger partial charge is 0.416 e. The van der Waals surface area contributed by atoms with Gasteiger partial charge in [-0.05, 0) is 43.5 Å². The first-order valence-electron chi connectivity index (χ1n) is 8.04. The van der Waals surface area contributed by atoms with Gasteiger partial charge in [-0.25, -0.2) is 9.48 Å². The summed E-state index contributed by atoms with van der Waals surface area (Å²) >= 11 is 0. The number of hydrogen-bond donors (Lipinski definition) is 1. The third-order valence-corrected chi connectivity index (χ3v) is 4.29. The molecule has 3 rings (SSSR count). The van der Waals surface area contributed by atoms with E-state index in [1.54, 1.807) is 0 Å². The van der Waals surface area contributed by atoms with Crippen molar-refractivity contribution in [3.05, 3.63) is 47.8 Å². The Morgan fingerprint density at radius 1 is 1.19 bits per heavy atom. The van der Waals surface area contributed by atoms with E-state index in [0.29, 0.717) is 19.4 Å². The van der Waals surface area contributed by atoms with Crippen molar-refractivity contribution in [1.82, 2.24) is 14.7 Å². The Hall–Kier alpha value is -2.84. The highest BCUT2D eigenvalue weighted by Crippen LogP contribution is 2.30. The quantitative estimate of drug-likeness (QED) is 0.905. The van der Waals surface area contributed by atoms with Crippen LogP contribution >= 0.6 is 0 Å². The second-order valence-corrected chi connectivity index (χ2v) is 6.04. The molecular weight excluding hydrogens is 351 g/mol. The summed E-state index contributed by atoms with van der Waals surface area (Å²) in [5, 5.41) is 13.3. The molecule has 9 heteroatoms. The average molecular weight is 367 g/mol. The Morgan fingerprint density at radius 3 is 2.65 bits per heavy atom. The molecule has 1 atom stereocenters. The van der Waals surface area contributed by atoms with Gasteiger partial charge in [-0.1, -0.05) is 6.07 Å². The zero-order valence-corrected chi connectivity index (χ0v) is 13.6. The molecule has 1 saturated heterocycles. The van der Waals surface area contributed by atoms with Gasteiger partial charge in [-0.2, -0.15) is 18.3 Å². The summed E-state index contributed by atoms with van der Waals surface area (Å²) in [7, 11) is 0. The molecule has 0 unspecified atom stereocenters. The molecule has 2 heterocycles. The lowest BCUT2D eigenvalue weighted by Crippen LogP contribution is -2.48. The van der Waals surface area contributed by atoms with Gasteiger partial charge in [-0.15, -0.1) is 0 Å². The van der Waals surface area contributed by atoms with Crippen molar-refractivity contribution < 1.29 is 27.9 Å². The fourth-order valence-corrected chi connectivity index (χ4v) is 2.99. The Morgan fingerprint density at radius 2 is 1.96 bits per heavy atom. The molecule has 0 bridgehead atoms. The maximum Gasteiger partial charge on any atom is 0.416 e. The van der Waals surface area contributed by atoms with E-state index >= 15 is 0 Å². The number of halogens is 3. The van der Waals surface area contributed by atoms with Crippen LogP contribution in [0.3, 0.4) is 0 Å². The number of aliphatic carboxylic acids is 1. The van der Waals surface area contributed by atoms with Crippen molar-refractivity contribution in [1.29, 1.82) is 0 Å². The lowest BCUT2D eigenvalue weighted by molar-refractivity contribution is -0.143. The summed E-state index contributed by atoms with van der Waals surface area (Å²) in [5.74, 6) is -1.61. The molecule has 0 spiro atoms. The van der Waals surface area contributed by atoms with Crippen molar-refractivity contribution in [3.63, 3.8) is 0 Å². The van der Waals surface area contributed by atoms with Crippen molar-refractivity contribution in [3.8, 4) is 5.69 Å². The van der Waals surface area contributed by atoms with E-state index in [-0.39, 0.29) is 11.4 Å². The van der Waals surface area contributed by atoms with Crippen LogP contribution in [0.1, 0.15) is 35.3 Å². The lowest BCUT2D eigenvalue weighted by atomic mass is 10.0. The van der Waals surface area contributed by atoms with E-state index < -0.39 is 29.7 Å². The number of alkyl halides is 3. The molecule has 2 aromatic rings. The van der Waals surface area contributed by atoms with Crippen molar-refractivity contribution in [2.75, 3.05) is 6.54 Å². The summed E-state index contributed by atoms with van der Waals surface area (Å²) in [5.41, 5.74) is -0.664. The summed E-state index contributed by atoms with van der Waals surface area (Å²) < 4.78 is 39.7. The number of hydrogen-bond acceptors (Lipinski definition) is 3. The van der Waals surface area contributed by atoms with Gasteiger partial charge in [0.25, 0.3) is 5.91 Å². The molecule has 1 amide bonds. The van der Waals surface area contributed by atoms with Crippen LogP contribution in [-0.4, -0.2) is 44.3 Å². The van der Waals surface area contributed by atoms with E-state index in [9.17, 15) is 27.9 Å². The van der Waals surface area contributed by atoms with Crippen LogP contribution in [0.2, 0.25) is 0 Å². The van der Waals surface area contributed by atoms with Crippen LogP contribution in [0.15, 0.2) is 36.5 Å². The summed E-state index contributed by atoms with van der Waals surface area (Å²) in [6.45, 7) is 0.312. The number of nitrogens with zero attached hydrogens (tertiary/aromatic N) is 3. The van der Waals surface area contributed by atoms with Gasteiger partial charge >= 0.3 is 12.1 Å². The Labute approximate surface area is 146 Å². The highest BCUT2D eigenvalue weighted by Gasteiger charge is 2.34. The number of carbonyl (C=O) groups excluding carboxylic acids is 1. The number of rotatable bonds is 3. The number of carboxylic acids is 1. The first kappa shape index (κ1) is 18.0. The predicted molar refractivity (Wildman–Crippen MR) is 84.9 cm³/mol. The lowest BCUT2D eigenvalue weighted by Gasteiger charge is -2.32. The fraction of sp³-hybridized carbons (Fsp3) is 0.353. The van der Waals surface area contributed by atoms with Gasteiger partial charge < -0.3 is 10.0 Å². The standard InChI is InChI=1S/C17H16F3N3O3/c18-17(19,20)11-4-3-5-12(10-11)23-9-7-13(21-23)15(24)22-8-2-1-6-14(22)16(25)26/h3-5,7,9-10,14H,1-2,6,8H2,(H,25,26)/t14-/m1/s1. The van der Waals surface area contributed by atoms with E-state index in [1.165, 1.54) is 34.0 Å². The topological polar surface area (TPSA) is 75.4 Å². The number of likely N-dealkylation sites (tertiary alicyclic amines) is 1. The Balaban J connectivity index is 1.86. The molecule has 1 aromatic carbocycles. The molecule has 1 aliphatic rings. The highest BCUT2D eigenvalue weighted by molar-refractivity contribution is 5.95. The number of carboxylic acid groups (broad SMARTS) is 1. The van der Waals surface area contributed by atoms with Gasteiger partial charge in [0.15, 0.2) is 5.69 Å². The molecule has 1 aromatic heterocycles. The number of amides is 1. The number of piperidine rings is 1. The van der Waals surface area contributed by atoms with Crippen molar-refractivity contribution in [2.24, 2.45) is 0 Å². The molecule has 0 saturated carbocycles. The number of aromatic nitrogens is 2. The van der Waals surface area contributed by atoms with Crippen LogP contribution < -0.4 is 0 Å². The average Bonchev–Trinajstić information content (AvgIpc) is 3.10. The molecule has 0 aliphatic carbocycles. The summed E-state index contributed by atoms with van der Waals surface area (Å²) in [6.07, 6.45) is -1.31. The van der Waals surface area contributed by atoms with Gasteiger partial charge in [0.05, 0.1) is 11.3 Å². The van der Waals surface area contributed by atoms with Crippen LogP contribution in [-0.2, 0) is 11.0 Å². The molecule has 1 N–H and O–H groups in total. The zero-order valence-electron chi connectivity index (χ0n) is 13.6. The maximum absolute atomic E-state index is 12.8. The SMILES string of the molecule is O=C(O)[C@H]1CCCCN1C(=O)c1ccn(-c2cccc(C(F)(F)F)c2)n1. The van der Waals surface area contributed by atoms with E-state index in [0.717, 1.165) is 18.6 Å². The van der Waals surface area contributed by atoms with Gasteiger partial charge in [0.1, 0.15) is 6.04 Å². The summed E-state index contributed by atoms with van der Waals surface area (Å²) in [4.78, 5) is 25.2. The van der Waals surface area contributed by atoms with Crippen LogP contribution in [0.5, 0.6) is 0 Å². The number of carbonyl (C=O) groups is 2. The molecule has 138 valence electrons.